The topological polar surface area (TPSA) is 125 Å². The van der Waals surface area contributed by atoms with Crippen LogP contribution in [0.5, 0.6) is 0 Å². The maximum Gasteiger partial charge on any atom is 0.293 e. The van der Waals surface area contributed by atoms with Gasteiger partial charge < -0.3 is 15.1 Å². The number of thioether (sulfide) groups is 1. The van der Waals surface area contributed by atoms with E-state index in [0.717, 1.165) is 49.1 Å². The van der Waals surface area contributed by atoms with Crippen molar-refractivity contribution in [2.75, 3.05) is 49.7 Å². The zero-order chi connectivity index (χ0) is 31.0. The van der Waals surface area contributed by atoms with E-state index in [2.05, 4.69) is 16.8 Å². The van der Waals surface area contributed by atoms with Crippen molar-refractivity contribution in [2.45, 2.75) is 35.1 Å². The number of rotatable bonds is 13. The number of anilines is 2. The van der Waals surface area contributed by atoms with Crippen molar-refractivity contribution in [2.24, 2.45) is 0 Å². The van der Waals surface area contributed by atoms with Gasteiger partial charge in [0.15, 0.2) is 0 Å². The summed E-state index contributed by atoms with van der Waals surface area (Å²) < 4.78 is 28.3. The molecule has 1 saturated heterocycles. The molecule has 10 nitrogen and oxygen atoms in total. The summed E-state index contributed by atoms with van der Waals surface area (Å²) in [6.07, 6.45) is 2.53. The lowest BCUT2D eigenvalue weighted by Gasteiger charge is -2.30. The molecule has 1 aliphatic rings. The van der Waals surface area contributed by atoms with E-state index in [4.69, 9.17) is 0 Å². The fourth-order valence-corrected chi connectivity index (χ4v) is 6.63. The highest BCUT2D eigenvalue weighted by Crippen LogP contribution is 2.30. The van der Waals surface area contributed by atoms with Crippen molar-refractivity contribution in [3.63, 3.8) is 0 Å². The largest absolute Gasteiger partial charge is 0.376 e. The van der Waals surface area contributed by atoms with Gasteiger partial charge in [0.05, 0.1) is 9.82 Å². The molecule has 1 fully saturated rings. The quantitative estimate of drug-likeness (QED) is 0.112. The van der Waals surface area contributed by atoms with E-state index >= 15 is 0 Å². The minimum Gasteiger partial charge on any atom is -0.376 e. The second kappa shape index (κ2) is 14.5. The first-order valence-electron chi connectivity index (χ1n) is 14.0. The van der Waals surface area contributed by atoms with Crippen LogP contribution in [0.25, 0.3) is 0 Å². The number of piperidine rings is 1. The summed E-state index contributed by atoms with van der Waals surface area (Å²) in [4.78, 5) is 29.2. The summed E-state index contributed by atoms with van der Waals surface area (Å²) in [5.74, 6) is -0.165. The summed E-state index contributed by atoms with van der Waals surface area (Å²) in [5.41, 5.74) is 2.15. The molecule has 0 unspecified atom stereocenters. The average Bonchev–Trinajstić information content (AvgIpc) is 2.99. The highest BCUT2D eigenvalue weighted by molar-refractivity contribution is 7.99. The van der Waals surface area contributed by atoms with Gasteiger partial charge in [-0.15, -0.1) is 11.8 Å². The number of nitro benzene ring substituents is 1. The minimum absolute atomic E-state index is 0.125. The Kier molecular flexibility index (Phi) is 10.8. The van der Waals surface area contributed by atoms with E-state index < -0.39 is 20.9 Å². The third kappa shape index (κ3) is 9.06. The molecule has 0 aliphatic carbocycles. The molecule has 2 N–H and O–H groups in total. The number of hydrogen-bond acceptors (Lipinski definition) is 9. The fraction of sp³-hybridized carbons (Fsp3) is 0.323. The minimum atomic E-state index is -4.38. The van der Waals surface area contributed by atoms with Crippen LogP contribution in [0.2, 0.25) is 0 Å². The van der Waals surface area contributed by atoms with Crippen LogP contribution < -0.4 is 14.9 Å². The predicted octanol–water partition coefficient (Wildman–Crippen LogP) is 5.39. The van der Waals surface area contributed by atoms with E-state index in [9.17, 15) is 23.3 Å². The van der Waals surface area contributed by atoms with Crippen molar-refractivity contribution in [1.29, 1.82) is 0 Å². The number of nitro groups is 1. The summed E-state index contributed by atoms with van der Waals surface area (Å²) in [6, 6.07) is 20.1. The molecule has 3 aromatic rings. The molecule has 4 rings (SSSR count). The van der Waals surface area contributed by atoms with Crippen LogP contribution in [0.15, 0.2) is 94.7 Å². The molecule has 1 amide bonds. The third-order valence-electron chi connectivity index (χ3n) is 7.15. The number of hydrogen-bond donors (Lipinski definition) is 2. The molecule has 43 heavy (non-hydrogen) atoms. The first-order chi connectivity index (χ1) is 20.5. The Hall–Kier alpha value is -3.87. The highest BCUT2D eigenvalue weighted by Gasteiger charge is 2.25. The molecule has 0 saturated carbocycles. The Bertz CT molecular complexity index is 1540. The molecule has 0 bridgehead atoms. The maximum atomic E-state index is 13.1. The zero-order valence-corrected chi connectivity index (χ0v) is 26.0. The molecule has 1 atom stereocenters. The number of carbonyl (C=O) groups excluding carboxylic acids is 1. The highest BCUT2D eigenvalue weighted by atomic mass is 32.2. The number of nitrogens with one attached hydrogen (secondary N) is 2. The van der Waals surface area contributed by atoms with Gasteiger partial charge >= 0.3 is 0 Å². The van der Waals surface area contributed by atoms with Crippen molar-refractivity contribution >= 4 is 44.8 Å². The molecule has 0 aromatic heterocycles. The summed E-state index contributed by atoms with van der Waals surface area (Å²) in [5, 5.41) is 15.3. The van der Waals surface area contributed by atoms with Crippen molar-refractivity contribution in [3.05, 3.63) is 101 Å². The normalized spacial score (nSPS) is 14.4. The van der Waals surface area contributed by atoms with Crippen LogP contribution in [0, 0.1) is 10.1 Å². The lowest BCUT2D eigenvalue weighted by molar-refractivity contribution is -0.384. The number of amides is 1. The summed E-state index contributed by atoms with van der Waals surface area (Å²) in [7, 11) is -0.463. The van der Waals surface area contributed by atoms with Crippen molar-refractivity contribution in [1.82, 2.24) is 9.62 Å². The number of benzene rings is 3. The first kappa shape index (κ1) is 32.1. The van der Waals surface area contributed by atoms with Gasteiger partial charge in [-0.05, 0) is 88.4 Å². The smallest absolute Gasteiger partial charge is 0.293 e. The molecule has 12 heteroatoms. The van der Waals surface area contributed by atoms with Crippen LogP contribution in [-0.4, -0.2) is 69.7 Å². The number of nitrogens with zero attached hydrogens (tertiary/aromatic N) is 3. The van der Waals surface area contributed by atoms with Gasteiger partial charge in [0.2, 0.25) is 0 Å². The second-order valence-corrected chi connectivity index (χ2v) is 13.5. The van der Waals surface area contributed by atoms with Crippen LogP contribution >= 0.6 is 11.8 Å². The lowest BCUT2D eigenvalue weighted by Crippen LogP contribution is -2.31. The molecule has 0 spiro atoms. The molecular weight excluding hydrogens is 587 g/mol. The Balaban J connectivity index is 1.47. The Morgan fingerprint density at radius 1 is 1.07 bits per heavy atom. The van der Waals surface area contributed by atoms with Crippen LogP contribution in [-0.2, 0) is 10.0 Å². The Morgan fingerprint density at radius 2 is 1.74 bits per heavy atom. The van der Waals surface area contributed by atoms with Gasteiger partial charge in [-0.2, -0.15) is 0 Å². The fourth-order valence-electron chi connectivity index (χ4n) is 4.64. The van der Waals surface area contributed by atoms with Gasteiger partial charge in [0.1, 0.15) is 5.69 Å². The summed E-state index contributed by atoms with van der Waals surface area (Å²) in [6.45, 7) is 6.46. The number of sulfonamides is 1. The predicted molar refractivity (Wildman–Crippen MR) is 173 cm³/mol. The molecule has 3 aromatic carbocycles. The number of carbonyl (C=O) groups is 1. The van der Waals surface area contributed by atoms with Crippen LogP contribution in [0.4, 0.5) is 17.1 Å². The Labute approximate surface area is 257 Å². The molecule has 228 valence electrons. The van der Waals surface area contributed by atoms with Crippen LogP contribution in [0.3, 0.4) is 0 Å². The van der Waals surface area contributed by atoms with Crippen molar-refractivity contribution in [3.8, 4) is 0 Å². The van der Waals surface area contributed by atoms with E-state index in [-0.39, 0.29) is 27.9 Å². The summed E-state index contributed by atoms with van der Waals surface area (Å²) >= 11 is 1.63. The molecular formula is C31H37N5O5S2. The van der Waals surface area contributed by atoms with Gasteiger partial charge in [-0.3, -0.25) is 14.9 Å². The van der Waals surface area contributed by atoms with Gasteiger partial charge in [0.25, 0.3) is 21.6 Å². The zero-order valence-electron chi connectivity index (χ0n) is 24.4. The molecule has 1 aliphatic heterocycles. The second-order valence-electron chi connectivity index (χ2n) is 10.7. The van der Waals surface area contributed by atoms with Crippen molar-refractivity contribution < 1.29 is 18.1 Å². The van der Waals surface area contributed by atoms with E-state index in [1.807, 2.05) is 54.0 Å². The van der Waals surface area contributed by atoms with Crippen LogP contribution in [0.1, 0.15) is 29.6 Å². The first-order valence-corrected chi connectivity index (χ1v) is 16.4. The van der Waals surface area contributed by atoms with E-state index in [1.54, 1.807) is 36.0 Å². The lowest BCUT2D eigenvalue weighted by atomic mass is 10.1. The molecule has 0 radical (unpaired) electrons. The molecule has 1 heterocycles. The van der Waals surface area contributed by atoms with Gasteiger partial charge in [-0.1, -0.05) is 30.4 Å². The van der Waals surface area contributed by atoms with E-state index in [1.165, 1.54) is 17.7 Å². The monoisotopic (exact) mass is 623 g/mol. The standard InChI is InChI=1S/C31H37N5O5S2/c1-23-15-19-35(20-16-23)26-11-9-24(10-12-26)31(37)33-43(40,41)28-13-14-29(30(21-28)36(38)39)32-25(17-18-34(2)3)22-42-27-7-5-4-6-8-27/h4-14,21,25,32H,1,15-20,22H2,2-3H3,(H,33,37)/t25-/m1/s1. The average molecular weight is 624 g/mol. The Morgan fingerprint density at radius 3 is 2.37 bits per heavy atom. The maximum absolute atomic E-state index is 13.1. The van der Waals surface area contributed by atoms with Gasteiger partial charge in [0, 0.05) is 47.1 Å². The SMILES string of the molecule is C=C1CCN(c2ccc(C(=O)NS(=O)(=O)c3ccc(N[C@H](CCN(C)C)CSc4ccccc4)c([N+](=O)[O-])c3)cc2)CC1. The van der Waals surface area contributed by atoms with Gasteiger partial charge in [-0.25, -0.2) is 13.1 Å². The third-order valence-corrected chi connectivity index (χ3v) is 9.65. The van der Waals surface area contributed by atoms with E-state index in [0.29, 0.717) is 12.2 Å².